The average molecular weight is 377 g/mol. The molecule has 3 rings (SSSR count). The molecule has 6 heteroatoms. The summed E-state index contributed by atoms with van der Waals surface area (Å²) in [6.07, 6.45) is 1.71. The molecule has 1 heterocycles. The molecule has 0 spiro atoms. The van der Waals surface area contributed by atoms with E-state index in [9.17, 15) is 4.79 Å². The van der Waals surface area contributed by atoms with Crippen molar-refractivity contribution in [3.63, 3.8) is 0 Å². The highest BCUT2D eigenvalue weighted by Gasteiger charge is 2.17. The molecule has 3 aromatic rings. The molecule has 0 saturated heterocycles. The largest absolute Gasteiger partial charge is 0.493 e. The number of carbonyl (C=O) groups is 1. The maximum Gasteiger partial charge on any atom is 0.315 e. The third kappa shape index (κ3) is 5.23. The van der Waals surface area contributed by atoms with Gasteiger partial charge in [0.2, 0.25) is 0 Å². The molecule has 0 aliphatic heterocycles. The Morgan fingerprint density at radius 1 is 0.964 bits per heavy atom. The SMILES string of the molecule is COc1ccccc1OCCNC(=O)NC(c1ccccc1)c1ccccn1. The summed E-state index contributed by atoms with van der Waals surface area (Å²) in [4.78, 5) is 16.8. The number of hydrogen-bond donors (Lipinski definition) is 2. The summed E-state index contributed by atoms with van der Waals surface area (Å²) in [7, 11) is 1.59. The highest BCUT2D eigenvalue weighted by atomic mass is 16.5. The minimum absolute atomic E-state index is 0.289. The number of para-hydroxylation sites is 2. The van der Waals surface area contributed by atoms with E-state index < -0.39 is 0 Å². The lowest BCUT2D eigenvalue weighted by Crippen LogP contribution is -2.40. The normalized spacial score (nSPS) is 11.3. The standard InChI is InChI=1S/C22H23N3O3/c1-27-19-12-5-6-13-20(19)28-16-15-24-22(26)25-21(17-9-3-2-4-10-17)18-11-7-8-14-23-18/h2-14,21H,15-16H2,1H3,(H2,24,25,26). The molecule has 1 unspecified atom stereocenters. The van der Waals surface area contributed by atoms with E-state index in [-0.39, 0.29) is 12.1 Å². The Kier molecular flexibility index (Phi) is 6.84. The molecule has 2 N–H and O–H groups in total. The van der Waals surface area contributed by atoms with Gasteiger partial charge in [0, 0.05) is 6.20 Å². The first-order valence-corrected chi connectivity index (χ1v) is 9.04. The third-order valence-corrected chi connectivity index (χ3v) is 4.11. The van der Waals surface area contributed by atoms with Crippen molar-refractivity contribution in [1.82, 2.24) is 15.6 Å². The molecule has 2 aromatic carbocycles. The third-order valence-electron chi connectivity index (χ3n) is 4.11. The fraction of sp³-hybridized carbons (Fsp3) is 0.182. The van der Waals surface area contributed by atoms with Gasteiger partial charge in [-0.2, -0.15) is 0 Å². The minimum Gasteiger partial charge on any atom is -0.493 e. The van der Waals surface area contributed by atoms with E-state index in [1.54, 1.807) is 13.3 Å². The van der Waals surface area contributed by atoms with E-state index in [1.807, 2.05) is 72.8 Å². The predicted octanol–water partition coefficient (Wildman–Crippen LogP) is 3.56. The Balaban J connectivity index is 1.56. The van der Waals surface area contributed by atoms with Crippen LogP contribution < -0.4 is 20.1 Å². The number of carbonyl (C=O) groups excluding carboxylic acids is 1. The van der Waals surface area contributed by atoms with Crippen LogP contribution in [0, 0.1) is 0 Å². The molecule has 0 bridgehead atoms. The van der Waals surface area contributed by atoms with Crippen molar-refractivity contribution in [2.75, 3.05) is 20.3 Å². The Hall–Kier alpha value is -3.54. The van der Waals surface area contributed by atoms with E-state index in [0.29, 0.717) is 24.7 Å². The lowest BCUT2D eigenvalue weighted by atomic mass is 10.0. The highest BCUT2D eigenvalue weighted by molar-refractivity contribution is 5.74. The summed E-state index contributed by atoms with van der Waals surface area (Å²) in [5.41, 5.74) is 1.73. The summed E-state index contributed by atoms with van der Waals surface area (Å²) < 4.78 is 10.9. The number of amides is 2. The predicted molar refractivity (Wildman–Crippen MR) is 108 cm³/mol. The maximum atomic E-state index is 12.4. The summed E-state index contributed by atoms with van der Waals surface area (Å²) in [5.74, 6) is 1.30. The zero-order valence-electron chi connectivity index (χ0n) is 15.7. The van der Waals surface area contributed by atoms with Crippen LogP contribution in [0.25, 0.3) is 0 Å². The van der Waals surface area contributed by atoms with Gasteiger partial charge in [-0.25, -0.2) is 4.79 Å². The van der Waals surface area contributed by atoms with Gasteiger partial charge in [-0.05, 0) is 29.8 Å². The van der Waals surface area contributed by atoms with Gasteiger partial charge in [-0.3, -0.25) is 4.98 Å². The Labute approximate surface area is 164 Å². The van der Waals surface area contributed by atoms with Crippen molar-refractivity contribution in [2.45, 2.75) is 6.04 Å². The van der Waals surface area contributed by atoms with Crippen molar-refractivity contribution >= 4 is 6.03 Å². The van der Waals surface area contributed by atoms with Gasteiger partial charge in [-0.1, -0.05) is 48.5 Å². The monoisotopic (exact) mass is 377 g/mol. The molecule has 0 aliphatic rings. The van der Waals surface area contributed by atoms with Gasteiger partial charge >= 0.3 is 6.03 Å². The number of pyridine rings is 1. The summed E-state index contributed by atoms with van der Waals surface area (Å²) in [6, 6.07) is 22.1. The zero-order chi connectivity index (χ0) is 19.6. The molecule has 0 aliphatic carbocycles. The van der Waals surface area contributed by atoms with Gasteiger partial charge in [0.05, 0.1) is 25.4 Å². The van der Waals surface area contributed by atoms with Crippen LogP contribution in [0.15, 0.2) is 79.0 Å². The van der Waals surface area contributed by atoms with Gasteiger partial charge in [0.15, 0.2) is 11.5 Å². The fourth-order valence-electron chi connectivity index (χ4n) is 2.77. The molecule has 0 radical (unpaired) electrons. The smallest absolute Gasteiger partial charge is 0.315 e. The Morgan fingerprint density at radius 2 is 1.68 bits per heavy atom. The summed E-state index contributed by atoms with van der Waals surface area (Å²) >= 11 is 0. The van der Waals surface area contributed by atoms with Crippen LogP contribution in [0.2, 0.25) is 0 Å². The number of hydrogen-bond acceptors (Lipinski definition) is 4. The van der Waals surface area contributed by atoms with Crippen LogP contribution in [0.1, 0.15) is 17.3 Å². The second-order valence-electron chi connectivity index (χ2n) is 6.00. The number of nitrogens with one attached hydrogen (secondary N) is 2. The van der Waals surface area contributed by atoms with Gasteiger partial charge in [0.1, 0.15) is 6.61 Å². The lowest BCUT2D eigenvalue weighted by Gasteiger charge is -2.19. The van der Waals surface area contributed by atoms with E-state index in [1.165, 1.54) is 0 Å². The number of methoxy groups -OCH3 is 1. The molecular weight excluding hydrogens is 354 g/mol. The van der Waals surface area contributed by atoms with Crippen molar-refractivity contribution in [1.29, 1.82) is 0 Å². The second kappa shape index (κ2) is 9.97. The van der Waals surface area contributed by atoms with Gasteiger partial charge in [-0.15, -0.1) is 0 Å². The summed E-state index contributed by atoms with van der Waals surface area (Å²) in [6.45, 7) is 0.682. The quantitative estimate of drug-likeness (QED) is 0.589. The summed E-state index contributed by atoms with van der Waals surface area (Å²) in [5, 5.41) is 5.79. The minimum atomic E-state index is -0.336. The van der Waals surface area contributed by atoms with E-state index in [4.69, 9.17) is 9.47 Å². The van der Waals surface area contributed by atoms with Crippen molar-refractivity contribution in [3.8, 4) is 11.5 Å². The molecule has 2 amide bonds. The molecule has 6 nitrogen and oxygen atoms in total. The molecule has 1 atom stereocenters. The molecule has 1 aromatic heterocycles. The van der Waals surface area contributed by atoms with Crippen LogP contribution >= 0.6 is 0 Å². The van der Waals surface area contributed by atoms with E-state index in [2.05, 4.69) is 15.6 Å². The number of urea groups is 1. The second-order valence-corrected chi connectivity index (χ2v) is 6.00. The molecule has 0 fully saturated rings. The van der Waals surface area contributed by atoms with Gasteiger partial charge < -0.3 is 20.1 Å². The number of ether oxygens (including phenoxy) is 2. The van der Waals surface area contributed by atoms with Crippen LogP contribution in [0.5, 0.6) is 11.5 Å². The van der Waals surface area contributed by atoms with Crippen molar-refractivity contribution in [2.24, 2.45) is 0 Å². The number of rotatable bonds is 8. The first kappa shape index (κ1) is 19.2. The van der Waals surface area contributed by atoms with Crippen molar-refractivity contribution < 1.29 is 14.3 Å². The van der Waals surface area contributed by atoms with Crippen LogP contribution in [-0.4, -0.2) is 31.3 Å². The number of nitrogens with zero attached hydrogens (tertiary/aromatic N) is 1. The Bertz CT molecular complexity index is 833. The Morgan fingerprint density at radius 3 is 2.39 bits per heavy atom. The topological polar surface area (TPSA) is 72.5 Å². The van der Waals surface area contributed by atoms with Gasteiger partial charge in [0.25, 0.3) is 0 Å². The highest BCUT2D eigenvalue weighted by Crippen LogP contribution is 2.25. The van der Waals surface area contributed by atoms with Crippen molar-refractivity contribution in [3.05, 3.63) is 90.3 Å². The number of benzene rings is 2. The van der Waals surface area contributed by atoms with Crippen LogP contribution in [-0.2, 0) is 0 Å². The fourth-order valence-corrected chi connectivity index (χ4v) is 2.77. The van der Waals surface area contributed by atoms with Crippen LogP contribution in [0.4, 0.5) is 4.79 Å². The van der Waals surface area contributed by atoms with Crippen LogP contribution in [0.3, 0.4) is 0 Å². The maximum absolute atomic E-state index is 12.4. The van der Waals surface area contributed by atoms with E-state index in [0.717, 1.165) is 11.3 Å². The average Bonchev–Trinajstić information content (AvgIpc) is 2.76. The van der Waals surface area contributed by atoms with E-state index >= 15 is 0 Å². The molecule has 144 valence electrons. The first-order valence-electron chi connectivity index (χ1n) is 9.04. The molecule has 0 saturated carbocycles. The molecule has 28 heavy (non-hydrogen) atoms. The number of aromatic nitrogens is 1. The lowest BCUT2D eigenvalue weighted by molar-refractivity contribution is 0.233. The zero-order valence-corrected chi connectivity index (χ0v) is 15.7. The molecular formula is C22H23N3O3. The first-order chi connectivity index (χ1) is 13.8.